The molecule has 1 saturated carbocycles. The van der Waals surface area contributed by atoms with Gasteiger partial charge < -0.3 is 4.74 Å². The Morgan fingerprint density at radius 1 is 1.43 bits per heavy atom. The van der Waals surface area contributed by atoms with Crippen LogP contribution in [0.3, 0.4) is 0 Å². The summed E-state index contributed by atoms with van der Waals surface area (Å²) < 4.78 is 31.2. The Labute approximate surface area is 146 Å². The predicted octanol–water partition coefficient (Wildman–Crippen LogP) is 3.03. The third kappa shape index (κ3) is 4.59. The Morgan fingerprint density at radius 2 is 2.04 bits per heavy atom. The van der Waals surface area contributed by atoms with Crippen molar-refractivity contribution < 1.29 is 17.9 Å². The molecule has 0 radical (unpaired) electrons. The molecule has 1 aliphatic carbocycles. The monoisotopic (exact) mass is 379 g/mol. The number of hydrogen-bond donors (Lipinski definition) is 1. The molecule has 1 atom stereocenters. The lowest BCUT2D eigenvalue weighted by atomic mass is 10.1. The van der Waals surface area contributed by atoms with Crippen molar-refractivity contribution in [1.82, 2.24) is 4.72 Å². The fourth-order valence-corrected chi connectivity index (χ4v) is 3.85. The van der Waals surface area contributed by atoms with E-state index in [9.17, 15) is 13.2 Å². The summed E-state index contributed by atoms with van der Waals surface area (Å²) in [6, 6.07) is 4.12. The van der Waals surface area contributed by atoms with E-state index in [1.54, 1.807) is 26.8 Å². The number of esters is 1. The lowest BCUT2D eigenvalue weighted by molar-refractivity contribution is 0.0484. The minimum absolute atomic E-state index is 0.0270. The second-order valence-electron chi connectivity index (χ2n) is 6.01. The van der Waals surface area contributed by atoms with E-state index in [0.29, 0.717) is 12.0 Å². The number of hydrogen-bond acceptors (Lipinski definition) is 4. The molecule has 2 rings (SSSR count). The first-order valence-electron chi connectivity index (χ1n) is 7.21. The summed E-state index contributed by atoms with van der Waals surface area (Å²) in [5.74, 6) is -0.662. The van der Waals surface area contributed by atoms with Gasteiger partial charge in [-0.25, -0.2) is 17.9 Å². The molecule has 0 bridgehead atoms. The Kier molecular flexibility index (Phi) is 5.31. The van der Waals surface area contributed by atoms with Crippen LogP contribution >= 0.6 is 23.2 Å². The molecule has 0 amide bonds. The Balaban J connectivity index is 2.15. The molecule has 1 unspecified atom stereocenters. The van der Waals surface area contributed by atoms with Crippen LogP contribution in [0.1, 0.15) is 36.2 Å². The molecule has 0 spiro atoms. The van der Waals surface area contributed by atoms with Gasteiger partial charge in [0.25, 0.3) is 0 Å². The molecule has 1 N–H and O–H groups in total. The highest BCUT2D eigenvalue weighted by Gasteiger charge is 2.52. The van der Waals surface area contributed by atoms with Crippen molar-refractivity contribution in [1.29, 1.82) is 0 Å². The third-order valence-corrected chi connectivity index (χ3v) is 6.08. The molecule has 0 heterocycles. The van der Waals surface area contributed by atoms with E-state index in [4.69, 9.17) is 27.9 Å². The topological polar surface area (TPSA) is 72.5 Å². The van der Waals surface area contributed by atoms with Gasteiger partial charge in [-0.1, -0.05) is 6.07 Å². The molecule has 23 heavy (non-hydrogen) atoms. The number of sulfonamides is 1. The van der Waals surface area contributed by atoms with E-state index in [0.717, 1.165) is 0 Å². The summed E-state index contributed by atoms with van der Waals surface area (Å²) in [4.78, 5) is 12.2. The van der Waals surface area contributed by atoms with Crippen LogP contribution < -0.4 is 4.72 Å². The molecule has 0 aromatic heterocycles. The van der Waals surface area contributed by atoms with E-state index in [1.165, 1.54) is 12.1 Å². The molecule has 0 saturated heterocycles. The van der Waals surface area contributed by atoms with Gasteiger partial charge >= 0.3 is 5.97 Å². The number of carbonyl (C=O) groups is 1. The van der Waals surface area contributed by atoms with Crippen molar-refractivity contribution in [2.75, 3.05) is 6.61 Å². The minimum Gasteiger partial charge on any atom is -0.462 e. The molecular formula is C15H19Cl2NO4S. The summed E-state index contributed by atoms with van der Waals surface area (Å²) in [6.45, 7) is 5.28. The molecule has 1 aliphatic rings. The highest BCUT2D eigenvalue weighted by atomic mass is 35.5. The fourth-order valence-electron chi connectivity index (χ4n) is 2.07. The quantitative estimate of drug-likeness (QED) is 0.608. The number of ether oxygens (including phenoxy) is 1. The Morgan fingerprint density at radius 3 is 2.57 bits per heavy atom. The van der Waals surface area contributed by atoms with Crippen molar-refractivity contribution in [3.63, 3.8) is 0 Å². The van der Waals surface area contributed by atoms with Crippen molar-refractivity contribution >= 4 is 39.2 Å². The zero-order chi connectivity index (χ0) is 17.4. The number of aryl methyl sites for hydroxylation is 1. The van der Waals surface area contributed by atoms with Gasteiger partial charge in [-0.3, -0.25) is 0 Å². The maximum atomic E-state index is 12.2. The predicted molar refractivity (Wildman–Crippen MR) is 89.5 cm³/mol. The maximum absolute atomic E-state index is 12.2. The molecule has 8 heteroatoms. The first kappa shape index (κ1) is 18.5. The summed E-state index contributed by atoms with van der Waals surface area (Å²) >= 11 is 11.8. The van der Waals surface area contributed by atoms with Gasteiger partial charge in [-0.05, 0) is 44.9 Å². The third-order valence-electron chi connectivity index (χ3n) is 3.50. The van der Waals surface area contributed by atoms with Gasteiger partial charge in [0.15, 0.2) is 0 Å². The lowest BCUT2D eigenvalue weighted by Crippen LogP contribution is -2.30. The molecule has 1 fully saturated rings. The van der Waals surface area contributed by atoms with Crippen LogP contribution in [-0.4, -0.2) is 31.4 Å². The first-order chi connectivity index (χ1) is 10.5. The van der Waals surface area contributed by atoms with Crippen LogP contribution in [0.25, 0.3) is 0 Å². The highest BCUT2D eigenvalue weighted by Crippen LogP contribution is 2.53. The van der Waals surface area contributed by atoms with Crippen LogP contribution in [0.15, 0.2) is 23.1 Å². The van der Waals surface area contributed by atoms with Crippen molar-refractivity contribution in [2.24, 2.45) is 5.92 Å². The van der Waals surface area contributed by atoms with Crippen LogP contribution in [0.5, 0.6) is 0 Å². The van der Waals surface area contributed by atoms with E-state index in [1.807, 2.05) is 0 Å². The SMILES string of the molecule is Cc1ccc(S(=O)(=O)NC(C)C)cc1C(=O)OCC1CC1(Cl)Cl. The number of benzene rings is 1. The van der Waals surface area contributed by atoms with Crippen LogP contribution in [0, 0.1) is 12.8 Å². The van der Waals surface area contributed by atoms with Crippen LogP contribution in [-0.2, 0) is 14.8 Å². The molecular weight excluding hydrogens is 361 g/mol. The van der Waals surface area contributed by atoms with Gasteiger partial charge in [-0.15, -0.1) is 23.2 Å². The Bertz CT molecular complexity index is 716. The zero-order valence-corrected chi connectivity index (χ0v) is 15.4. The van der Waals surface area contributed by atoms with Crippen molar-refractivity contribution in [2.45, 2.75) is 42.5 Å². The van der Waals surface area contributed by atoms with Gasteiger partial charge in [0, 0.05) is 12.0 Å². The molecule has 1 aromatic rings. The molecule has 128 valence electrons. The van der Waals surface area contributed by atoms with E-state index >= 15 is 0 Å². The number of halogens is 2. The molecule has 0 aliphatic heterocycles. The van der Waals surface area contributed by atoms with E-state index in [2.05, 4.69) is 4.72 Å². The van der Waals surface area contributed by atoms with E-state index < -0.39 is 20.3 Å². The van der Waals surface area contributed by atoms with Gasteiger partial charge in [0.1, 0.15) is 4.33 Å². The maximum Gasteiger partial charge on any atom is 0.338 e. The summed E-state index contributed by atoms with van der Waals surface area (Å²) in [5.41, 5.74) is 0.851. The van der Waals surface area contributed by atoms with Crippen molar-refractivity contribution in [3.05, 3.63) is 29.3 Å². The second-order valence-corrected chi connectivity index (χ2v) is 9.27. The van der Waals surface area contributed by atoms with E-state index in [-0.39, 0.29) is 29.0 Å². The van der Waals surface area contributed by atoms with Gasteiger partial charge in [0.05, 0.1) is 17.1 Å². The van der Waals surface area contributed by atoms with Gasteiger partial charge in [-0.2, -0.15) is 0 Å². The molecule has 1 aromatic carbocycles. The number of carbonyl (C=O) groups excluding carboxylic acids is 1. The lowest BCUT2D eigenvalue weighted by Gasteiger charge is -2.12. The summed E-state index contributed by atoms with van der Waals surface area (Å²) in [5, 5.41) is 0. The standard InChI is InChI=1S/C15H19Cl2NO4S/c1-9(2)18-23(20,21)12-5-4-10(3)13(6-12)14(19)22-8-11-7-15(11,16)17/h4-6,9,11,18H,7-8H2,1-3H3. The largest absolute Gasteiger partial charge is 0.462 e. The number of alkyl halides is 2. The summed E-state index contributed by atoms with van der Waals surface area (Å²) in [6.07, 6.45) is 0.578. The van der Waals surface area contributed by atoms with Crippen molar-refractivity contribution in [3.8, 4) is 0 Å². The highest BCUT2D eigenvalue weighted by molar-refractivity contribution is 7.89. The molecule has 5 nitrogen and oxygen atoms in total. The average molecular weight is 380 g/mol. The first-order valence-corrected chi connectivity index (χ1v) is 9.45. The fraction of sp³-hybridized carbons (Fsp3) is 0.533. The second kappa shape index (κ2) is 6.59. The number of rotatable bonds is 6. The normalized spacial score (nSPS) is 19.7. The minimum atomic E-state index is -3.67. The van der Waals surface area contributed by atoms with Crippen LogP contribution in [0.2, 0.25) is 0 Å². The average Bonchev–Trinajstić information content (AvgIpc) is 3.02. The summed E-state index contributed by atoms with van der Waals surface area (Å²) in [7, 11) is -3.67. The number of nitrogens with one attached hydrogen (secondary N) is 1. The zero-order valence-electron chi connectivity index (χ0n) is 13.1. The van der Waals surface area contributed by atoms with Gasteiger partial charge in [0.2, 0.25) is 10.0 Å². The van der Waals surface area contributed by atoms with Crippen LogP contribution in [0.4, 0.5) is 0 Å². The Hall–Kier alpha value is -0.820. The smallest absolute Gasteiger partial charge is 0.338 e.